The van der Waals surface area contributed by atoms with Gasteiger partial charge in [-0.05, 0) is 59.6 Å². The first-order valence-electron chi connectivity index (χ1n) is 6.20. The lowest BCUT2D eigenvalue weighted by atomic mass is 10.2. The number of pyridine rings is 1. The molecule has 1 aromatic heterocycles. The molecule has 1 aromatic carbocycles. The second-order valence-electron chi connectivity index (χ2n) is 4.63. The fourth-order valence-electron chi connectivity index (χ4n) is 1.82. The van der Waals surface area contributed by atoms with Crippen molar-refractivity contribution in [3.8, 4) is 0 Å². The number of rotatable bonds is 4. The number of nitrogens with one attached hydrogen (secondary N) is 1. The van der Waals surface area contributed by atoms with Gasteiger partial charge in [0.1, 0.15) is 0 Å². The summed E-state index contributed by atoms with van der Waals surface area (Å²) in [5.41, 5.74) is 1.63. The molecule has 0 bridgehead atoms. The number of halogens is 2. The number of hydrogen-bond donors (Lipinski definition) is 1. The third-order valence-electron chi connectivity index (χ3n) is 2.97. The zero-order chi connectivity index (χ0) is 15.6. The average molecular weight is 434 g/mol. The van der Waals surface area contributed by atoms with Crippen LogP contribution < -0.4 is 4.72 Å². The molecule has 1 N–H and O–H groups in total. The molecule has 0 aliphatic carbocycles. The molecule has 0 saturated heterocycles. The Labute approximate surface area is 141 Å². The fourth-order valence-corrected chi connectivity index (χ4v) is 4.72. The minimum Gasteiger partial charge on any atom is -0.260 e. The van der Waals surface area contributed by atoms with Crippen molar-refractivity contribution < 1.29 is 8.42 Å². The van der Waals surface area contributed by atoms with Gasteiger partial charge in [-0.25, -0.2) is 13.1 Å². The first kappa shape index (κ1) is 16.6. The normalized spacial score (nSPS) is 13.1. The lowest BCUT2D eigenvalue weighted by Gasteiger charge is -2.15. The maximum absolute atomic E-state index is 12.5. The molecule has 1 atom stereocenters. The molecule has 0 radical (unpaired) electrons. The van der Waals surface area contributed by atoms with Gasteiger partial charge in [0.25, 0.3) is 0 Å². The van der Waals surface area contributed by atoms with Crippen LogP contribution in [-0.4, -0.2) is 13.4 Å². The molecule has 1 unspecified atom stereocenters. The van der Waals surface area contributed by atoms with E-state index in [0.29, 0.717) is 10.2 Å². The van der Waals surface area contributed by atoms with Crippen LogP contribution in [0.1, 0.15) is 24.2 Å². The van der Waals surface area contributed by atoms with E-state index in [2.05, 4.69) is 41.6 Å². The zero-order valence-electron chi connectivity index (χ0n) is 11.5. The first-order valence-corrected chi connectivity index (χ1v) is 9.27. The summed E-state index contributed by atoms with van der Waals surface area (Å²) < 4.78 is 28.9. The summed E-state index contributed by atoms with van der Waals surface area (Å²) in [6.07, 6.45) is 1.64. The predicted molar refractivity (Wildman–Crippen MR) is 89.6 cm³/mol. The number of benzene rings is 1. The highest BCUT2D eigenvalue weighted by Crippen LogP contribution is 2.29. The van der Waals surface area contributed by atoms with Crippen molar-refractivity contribution in [2.75, 3.05) is 0 Å². The molecule has 0 fully saturated rings. The van der Waals surface area contributed by atoms with Crippen LogP contribution in [0.3, 0.4) is 0 Å². The van der Waals surface area contributed by atoms with Crippen LogP contribution in [-0.2, 0) is 10.0 Å². The van der Waals surface area contributed by atoms with E-state index in [0.717, 1.165) is 10.0 Å². The van der Waals surface area contributed by atoms with Crippen LogP contribution in [0.2, 0.25) is 0 Å². The molecule has 7 heteroatoms. The molecule has 0 amide bonds. The number of nitrogens with zero attached hydrogens (tertiary/aromatic N) is 1. The third-order valence-corrected chi connectivity index (χ3v) is 6.32. The van der Waals surface area contributed by atoms with Crippen molar-refractivity contribution in [3.63, 3.8) is 0 Å². The Kier molecular flexibility index (Phi) is 5.19. The molecular weight excluding hydrogens is 420 g/mol. The molecule has 0 saturated carbocycles. The van der Waals surface area contributed by atoms with Crippen LogP contribution in [0.15, 0.2) is 50.4 Å². The highest BCUT2D eigenvalue weighted by atomic mass is 79.9. The van der Waals surface area contributed by atoms with Gasteiger partial charge in [-0.1, -0.05) is 22.0 Å². The Morgan fingerprint density at radius 3 is 2.52 bits per heavy atom. The summed E-state index contributed by atoms with van der Waals surface area (Å²) in [6.45, 7) is 3.66. The largest absolute Gasteiger partial charge is 0.260 e. The average Bonchev–Trinajstić information content (AvgIpc) is 2.43. The van der Waals surface area contributed by atoms with Crippen LogP contribution >= 0.6 is 31.9 Å². The Morgan fingerprint density at radius 2 is 1.90 bits per heavy atom. The highest BCUT2D eigenvalue weighted by Gasteiger charge is 2.22. The van der Waals surface area contributed by atoms with E-state index in [1.165, 1.54) is 0 Å². The van der Waals surface area contributed by atoms with E-state index in [-0.39, 0.29) is 4.90 Å². The second-order valence-corrected chi connectivity index (χ2v) is 8.02. The number of aromatic nitrogens is 1. The fraction of sp³-hybridized carbons (Fsp3) is 0.214. The molecule has 0 aliphatic heterocycles. The van der Waals surface area contributed by atoms with E-state index in [1.54, 1.807) is 37.4 Å². The molecule has 0 spiro atoms. The SMILES string of the molecule is Cc1cc(Br)c(S(=O)(=O)NC(C)c2ccccn2)cc1Br. The smallest absolute Gasteiger partial charge is 0.242 e. The standard InChI is InChI=1S/C14H14Br2N2O2S/c1-9-7-12(16)14(8-11(9)15)21(19,20)18-10(2)13-5-3-4-6-17-13/h3-8,10,18H,1-2H3. The quantitative estimate of drug-likeness (QED) is 0.793. The van der Waals surface area contributed by atoms with Gasteiger partial charge in [0.15, 0.2) is 0 Å². The van der Waals surface area contributed by atoms with E-state index in [1.807, 2.05) is 13.0 Å². The van der Waals surface area contributed by atoms with Crippen molar-refractivity contribution in [1.29, 1.82) is 0 Å². The van der Waals surface area contributed by atoms with Crippen molar-refractivity contribution in [3.05, 3.63) is 56.7 Å². The van der Waals surface area contributed by atoms with Crippen molar-refractivity contribution >= 4 is 41.9 Å². The van der Waals surface area contributed by atoms with Crippen LogP contribution in [0.4, 0.5) is 0 Å². The maximum atomic E-state index is 12.5. The predicted octanol–water partition coefficient (Wildman–Crippen LogP) is 3.95. The van der Waals surface area contributed by atoms with Crippen LogP contribution in [0, 0.1) is 6.92 Å². The second kappa shape index (κ2) is 6.56. The molecule has 0 aliphatic rings. The minimum atomic E-state index is -3.64. The van der Waals surface area contributed by atoms with E-state index in [9.17, 15) is 8.42 Å². The van der Waals surface area contributed by atoms with Crippen molar-refractivity contribution in [1.82, 2.24) is 9.71 Å². The zero-order valence-corrected chi connectivity index (χ0v) is 15.5. The number of sulfonamides is 1. The van der Waals surface area contributed by atoms with Crippen LogP contribution in [0.5, 0.6) is 0 Å². The Bertz CT molecular complexity index is 749. The minimum absolute atomic E-state index is 0.197. The Hall–Kier alpha value is -0.760. The summed E-state index contributed by atoms with van der Waals surface area (Å²) in [4.78, 5) is 4.36. The third kappa shape index (κ3) is 3.91. The summed E-state index contributed by atoms with van der Waals surface area (Å²) in [6, 6.07) is 8.34. The molecule has 1 heterocycles. The molecule has 2 aromatic rings. The van der Waals surface area contributed by atoms with Gasteiger partial charge in [-0.15, -0.1) is 0 Å². The van der Waals surface area contributed by atoms with E-state index in [4.69, 9.17) is 0 Å². The lowest BCUT2D eigenvalue weighted by Crippen LogP contribution is -2.27. The molecular formula is C14H14Br2N2O2S. The van der Waals surface area contributed by atoms with Gasteiger partial charge in [0.05, 0.1) is 16.6 Å². The topological polar surface area (TPSA) is 59.1 Å². The maximum Gasteiger partial charge on any atom is 0.242 e. The number of hydrogen-bond acceptors (Lipinski definition) is 3. The Balaban J connectivity index is 2.33. The van der Waals surface area contributed by atoms with E-state index < -0.39 is 16.1 Å². The first-order chi connectivity index (χ1) is 9.81. The Morgan fingerprint density at radius 1 is 1.19 bits per heavy atom. The van der Waals surface area contributed by atoms with Crippen molar-refractivity contribution in [2.45, 2.75) is 24.8 Å². The summed E-state index contributed by atoms with van der Waals surface area (Å²) in [7, 11) is -3.64. The van der Waals surface area contributed by atoms with Gasteiger partial charge in [0.2, 0.25) is 10.0 Å². The monoisotopic (exact) mass is 432 g/mol. The van der Waals surface area contributed by atoms with E-state index >= 15 is 0 Å². The molecule has 21 heavy (non-hydrogen) atoms. The molecule has 112 valence electrons. The summed E-state index contributed by atoms with van der Waals surface area (Å²) in [5.74, 6) is 0. The van der Waals surface area contributed by atoms with Gasteiger partial charge in [-0.2, -0.15) is 0 Å². The van der Waals surface area contributed by atoms with Gasteiger partial charge in [-0.3, -0.25) is 4.98 Å². The summed E-state index contributed by atoms with van der Waals surface area (Å²) in [5, 5.41) is 0. The van der Waals surface area contributed by atoms with Gasteiger partial charge in [0, 0.05) is 15.1 Å². The van der Waals surface area contributed by atoms with Gasteiger partial charge < -0.3 is 0 Å². The van der Waals surface area contributed by atoms with Crippen LogP contribution in [0.25, 0.3) is 0 Å². The molecule has 4 nitrogen and oxygen atoms in total. The summed E-state index contributed by atoms with van der Waals surface area (Å²) >= 11 is 6.67. The van der Waals surface area contributed by atoms with Gasteiger partial charge >= 0.3 is 0 Å². The highest BCUT2D eigenvalue weighted by molar-refractivity contribution is 9.11. The number of aryl methyl sites for hydroxylation is 1. The lowest BCUT2D eigenvalue weighted by molar-refractivity contribution is 0.563. The molecule has 2 rings (SSSR count). The van der Waals surface area contributed by atoms with Crippen molar-refractivity contribution in [2.24, 2.45) is 0 Å².